The molecule has 0 saturated carbocycles. The number of aliphatic hydroxyl groups is 1. The monoisotopic (exact) mass is 614 g/mol. The number of nitrogens with zero attached hydrogens (tertiary/aromatic N) is 5. The van der Waals surface area contributed by atoms with Crippen LogP contribution >= 0.6 is 11.6 Å². The molecule has 2 unspecified atom stereocenters. The number of halogens is 6. The van der Waals surface area contributed by atoms with Crippen molar-refractivity contribution in [3.8, 4) is 17.3 Å². The van der Waals surface area contributed by atoms with Crippen LogP contribution in [0.15, 0.2) is 18.3 Å². The van der Waals surface area contributed by atoms with E-state index in [-0.39, 0.29) is 61.2 Å². The summed E-state index contributed by atoms with van der Waals surface area (Å²) in [6.45, 7) is 1.61. The molecule has 2 aromatic heterocycles. The number of anilines is 2. The molecule has 42 heavy (non-hydrogen) atoms. The maximum absolute atomic E-state index is 16.3. The lowest BCUT2D eigenvalue weighted by molar-refractivity contribution is -0.137. The molecule has 3 saturated heterocycles. The number of nitrogen functional groups attached to an aromatic ring is 1. The number of alkyl halides is 4. The van der Waals surface area contributed by atoms with Crippen LogP contribution in [0, 0.1) is 5.82 Å². The maximum atomic E-state index is 16.3. The highest BCUT2D eigenvalue weighted by molar-refractivity contribution is 6.32. The first-order chi connectivity index (χ1) is 20.0. The highest BCUT2D eigenvalue weighted by atomic mass is 35.5. The van der Waals surface area contributed by atoms with E-state index in [2.05, 4.69) is 15.0 Å². The third-order valence-electron chi connectivity index (χ3n) is 8.17. The Balaban J connectivity index is 1.47. The van der Waals surface area contributed by atoms with E-state index < -0.39 is 51.7 Å². The molecule has 0 aliphatic carbocycles. The molecule has 3 fully saturated rings. The number of hydrogen-bond acceptors (Lipinski definition) is 9. The Labute approximate surface area is 242 Å². The summed E-state index contributed by atoms with van der Waals surface area (Å²) < 4.78 is 84.1. The second-order valence-electron chi connectivity index (χ2n) is 10.9. The average molecular weight is 615 g/mol. The Morgan fingerprint density at radius 1 is 1.21 bits per heavy atom. The number of aromatic nitrogens is 3. The molecule has 1 aromatic carbocycles. The maximum Gasteiger partial charge on any atom is 0.418 e. The van der Waals surface area contributed by atoms with Gasteiger partial charge in [-0.05, 0) is 31.5 Å². The number of hydrogen-bond donors (Lipinski definition) is 2. The van der Waals surface area contributed by atoms with Gasteiger partial charge in [-0.3, -0.25) is 9.88 Å². The van der Waals surface area contributed by atoms with E-state index in [0.717, 1.165) is 25.1 Å². The Bertz CT molecular complexity index is 1510. The van der Waals surface area contributed by atoms with Gasteiger partial charge in [0, 0.05) is 43.5 Å². The molecule has 3 aliphatic heterocycles. The third kappa shape index (κ3) is 5.18. The van der Waals surface area contributed by atoms with Gasteiger partial charge in [0.1, 0.15) is 29.8 Å². The summed E-state index contributed by atoms with van der Waals surface area (Å²) in [7, 11) is 0. The molecule has 0 bridgehead atoms. The quantitative estimate of drug-likeness (QED) is 0.311. The Morgan fingerprint density at radius 2 is 2.02 bits per heavy atom. The normalized spacial score (nSPS) is 24.9. The molecule has 15 heteroatoms. The SMILES string of the molecule is Nc1cc(Cl)c(C(F)(F)F)c(-c2ncc3c(N4CCO[C@H](CO)C4)nc(OCC45CCCN4CC(F)C5)nc3c2F)c1. The topological polar surface area (TPSA) is 110 Å². The van der Waals surface area contributed by atoms with Crippen molar-refractivity contribution < 1.29 is 36.5 Å². The lowest BCUT2D eigenvalue weighted by Crippen LogP contribution is -2.45. The largest absolute Gasteiger partial charge is 0.461 e. The number of rotatable bonds is 6. The summed E-state index contributed by atoms with van der Waals surface area (Å²) in [5.41, 5.74) is 2.24. The van der Waals surface area contributed by atoms with Crippen molar-refractivity contribution >= 4 is 34.0 Å². The van der Waals surface area contributed by atoms with Crippen LogP contribution in [0.1, 0.15) is 24.8 Å². The van der Waals surface area contributed by atoms with Gasteiger partial charge in [-0.2, -0.15) is 23.1 Å². The fourth-order valence-corrected chi connectivity index (χ4v) is 6.62. The van der Waals surface area contributed by atoms with Crippen LogP contribution in [0.25, 0.3) is 22.2 Å². The van der Waals surface area contributed by atoms with Crippen LogP contribution < -0.4 is 15.4 Å². The predicted octanol–water partition coefficient (Wildman–Crippen LogP) is 4.24. The summed E-state index contributed by atoms with van der Waals surface area (Å²) in [5.74, 6) is -0.933. The molecule has 3 N–H and O–H groups in total. The van der Waals surface area contributed by atoms with Crippen LogP contribution in [0.4, 0.5) is 33.5 Å². The van der Waals surface area contributed by atoms with Gasteiger partial charge in [-0.1, -0.05) is 11.6 Å². The summed E-state index contributed by atoms with van der Waals surface area (Å²) >= 11 is 5.91. The van der Waals surface area contributed by atoms with Gasteiger partial charge in [0.05, 0.1) is 40.8 Å². The first-order valence-corrected chi connectivity index (χ1v) is 13.9. The minimum Gasteiger partial charge on any atom is -0.461 e. The molecule has 226 valence electrons. The van der Waals surface area contributed by atoms with Crippen LogP contribution in [-0.4, -0.2) is 88.8 Å². The van der Waals surface area contributed by atoms with Crippen molar-refractivity contribution in [1.29, 1.82) is 0 Å². The van der Waals surface area contributed by atoms with Gasteiger partial charge in [0.2, 0.25) is 0 Å². The van der Waals surface area contributed by atoms with Crippen molar-refractivity contribution in [2.75, 3.05) is 56.6 Å². The van der Waals surface area contributed by atoms with Crippen molar-refractivity contribution in [2.45, 2.75) is 43.3 Å². The van der Waals surface area contributed by atoms with Crippen molar-refractivity contribution in [3.63, 3.8) is 0 Å². The van der Waals surface area contributed by atoms with E-state index >= 15 is 4.39 Å². The van der Waals surface area contributed by atoms with E-state index in [9.17, 15) is 22.7 Å². The number of pyridine rings is 1. The standard InChI is InChI=1S/C27H28ClF5N6O3/c28-19-7-15(34)6-17(20(19)27(31,32)33)22-21(30)23-18(9-35-22)24(38-4-5-41-16(11-38)12-40)37-25(36-23)42-13-26-2-1-3-39(26)10-14(29)8-26/h6-7,9,14,16,40H,1-5,8,10-13,34H2/t14?,16-,26?/m0/s1. The van der Waals surface area contributed by atoms with Gasteiger partial charge in [0.25, 0.3) is 0 Å². The van der Waals surface area contributed by atoms with Gasteiger partial charge in [-0.15, -0.1) is 0 Å². The second kappa shape index (κ2) is 10.9. The molecule has 9 nitrogen and oxygen atoms in total. The smallest absolute Gasteiger partial charge is 0.418 e. The van der Waals surface area contributed by atoms with Crippen molar-refractivity contribution in [1.82, 2.24) is 19.9 Å². The first-order valence-electron chi connectivity index (χ1n) is 13.5. The van der Waals surface area contributed by atoms with Crippen LogP contribution in [0.3, 0.4) is 0 Å². The molecule has 0 spiro atoms. The number of ether oxygens (including phenoxy) is 2. The number of morpholine rings is 1. The minimum absolute atomic E-state index is 0.0589. The zero-order valence-electron chi connectivity index (χ0n) is 22.3. The second-order valence-corrected chi connectivity index (χ2v) is 11.3. The summed E-state index contributed by atoms with van der Waals surface area (Å²) in [6.07, 6.45) is -3.39. The average Bonchev–Trinajstić information content (AvgIpc) is 3.46. The van der Waals surface area contributed by atoms with E-state index in [0.29, 0.717) is 19.5 Å². The molecule has 3 atom stereocenters. The van der Waals surface area contributed by atoms with Crippen molar-refractivity contribution in [3.05, 3.63) is 34.7 Å². The Kier molecular flexibility index (Phi) is 7.52. The molecule has 6 rings (SSSR count). The zero-order chi connectivity index (χ0) is 29.8. The lowest BCUT2D eigenvalue weighted by Gasteiger charge is -2.34. The van der Waals surface area contributed by atoms with Crippen LogP contribution in [-0.2, 0) is 10.9 Å². The van der Waals surface area contributed by atoms with Gasteiger partial charge in [0.15, 0.2) is 5.82 Å². The third-order valence-corrected chi connectivity index (χ3v) is 8.47. The fraction of sp³-hybridized carbons (Fsp3) is 0.519. The minimum atomic E-state index is -4.93. The number of nitrogens with two attached hydrogens (primary N) is 1. The van der Waals surface area contributed by atoms with E-state index in [1.54, 1.807) is 4.90 Å². The molecule has 3 aliphatic rings. The Hall–Kier alpha value is -3.07. The zero-order valence-corrected chi connectivity index (χ0v) is 23.1. The molecule has 0 radical (unpaired) electrons. The van der Waals surface area contributed by atoms with Crippen LogP contribution in [0.5, 0.6) is 6.01 Å². The molecular formula is C27H28ClF5N6O3. The summed E-state index contributed by atoms with van der Waals surface area (Å²) in [6, 6.07) is 1.68. The Morgan fingerprint density at radius 3 is 2.79 bits per heavy atom. The molecule has 5 heterocycles. The van der Waals surface area contributed by atoms with Crippen LogP contribution in [0.2, 0.25) is 5.02 Å². The number of benzene rings is 1. The van der Waals surface area contributed by atoms with E-state index in [1.165, 1.54) is 6.20 Å². The number of fused-ring (bicyclic) bond motifs is 2. The molecule has 0 amide bonds. The van der Waals surface area contributed by atoms with Gasteiger partial charge in [-0.25, -0.2) is 8.78 Å². The molecule has 3 aromatic rings. The number of aliphatic hydroxyl groups excluding tert-OH is 1. The van der Waals surface area contributed by atoms with E-state index in [4.69, 9.17) is 26.8 Å². The van der Waals surface area contributed by atoms with Crippen molar-refractivity contribution in [2.24, 2.45) is 0 Å². The van der Waals surface area contributed by atoms with Gasteiger partial charge < -0.3 is 25.2 Å². The first kappa shape index (κ1) is 29.0. The lowest BCUT2D eigenvalue weighted by atomic mass is 9.95. The predicted molar refractivity (Wildman–Crippen MR) is 145 cm³/mol. The summed E-state index contributed by atoms with van der Waals surface area (Å²) in [5, 5.41) is 9.08. The molecular weight excluding hydrogens is 587 g/mol. The summed E-state index contributed by atoms with van der Waals surface area (Å²) in [4.78, 5) is 16.6. The highest BCUT2D eigenvalue weighted by Crippen LogP contribution is 2.44. The van der Waals surface area contributed by atoms with Gasteiger partial charge >= 0.3 is 12.2 Å². The highest BCUT2D eigenvalue weighted by Gasteiger charge is 2.49. The fourth-order valence-electron chi connectivity index (χ4n) is 6.29. The van der Waals surface area contributed by atoms with E-state index in [1.807, 2.05) is 4.90 Å².